The Labute approximate surface area is 177 Å². The summed E-state index contributed by atoms with van der Waals surface area (Å²) in [6, 6.07) is 15.6. The van der Waals surface area contributed by atoms with Gasteiger partial charge in [0.25, 0.3) is 0 Å². The normalized spacial score (nSPS) is 11.8. The van der Waals surface area contributed by atoms with Gasteiger partial charge >= 0.3 is 11.8 Å². The van der Waals surface area contributed by atoms with Gasteiger partial charge < -0.3 is 14.6 Å². The van der Waals surface area contributed by atoms with Crippen molar-refractivity contribution in [3.8, 4) is 11.5 Å². The Kier molecular flexibility index (Phi) is 6.46. The molecule has 0 saturated carbocycles. The predicted molar refractivity (Wildman–Crippen MR) is 114 cm³/mol. The van der Waals surface area contributed by atoms with Gasteiger partial charge in [-0.25, -0.2) is 10.9 Å². The van der Waals surface area contributed by atoms with Crippen LogP contribution in [0.2, 0.25) is 0 Å². The molecule has 3 rings (SSSR count). The molecule has 0 aliphatic heterocycles. The number of nitrogens with zero attached hydrogens (tertiary/aromatic N) is 2. The summed E-state index contributed by atoms with van der Waals surface area (Å²) >= 11 is 0. The minimum atomic E-state index is -0.641. The van der Waals surface area contributed by atoms with Gasteiger partial charge in [-0.05, 0) is 50.2 Å². The van der Waals surface area contributed by atoms with E-state index in [4.69, 9.17) is 4.42 Å². The Morgan fingerprint density at radius 2 is 1.16 bits per heavy atom. The van der Waals surface area contributed by atoms with E-state index in [1.807, 2.05) is 0 Å². The molecule has 0 bridgehead atoms. The van der Waals surface area contributed by atoms with Crippen LogP contribution in [-0.2, 0) is 0 Å². The zero-order valence-corrected chi connectivity index (χ0v) is 16.8. The van der Waals surface area contributed by atoms with E-state index in [1.54, 1.807) is 38.1 Å². The number of hydrogen-bond acceptors (Lipinski definition) is 7. The topological polar surface area (TPSA) is 137 Å². The number of amides is 2. The molecule has 2 aromatic carbocycles. The number of aromatic hydroxyl groups is 2. The second-order valence-corrected chi connectivity index (χ2v) is 6.54. The van der Waals surface area contributed by atoms with Gasteiger partial charge in [-0.3, -0.25) is 9.59 Å². The lowest BCUT2D eigenvalue weighted by molar-refractivity contribution is 0.0902. The number of hydrogen-bond donors (Lipinski definition) is 4. The molecular weight excluding hydrogens is 400 g/mol. The predicted octanol–water partition coefficient (Wildman–Crippen LogP) is 3.00. The van der Waals surface area contributed by atoms with E-state index in [2.05, 4.69) is 21.1 Å². The van der Waals surface area contributed by atoms with E-state index in [0.29, 0.717) is 22.6 Å². The van der Waals surface area contributed by atoms with Crippen molar-refractivity contribution in [2.24, 2.45) is 10.2 Å². The first-order valence-electron chi connectivity index (χ1n) is 9.21. The van der Waals surface area contributed by atoms with Crippen molar-refractivity contribution in [3.05, 3.63) is 83.3 Å². The zero-order chi connectivity index (χ0) is 22.4. The molecule has 0 unspecified atom stereocenters. The van der Waals surface area contributed by atoms with Gasteiger partial charge in [-0.2, -0.15) is 10.2 Å². The third-order valence-corrected chi connectivity index (χ3v) is 4.23. The van der Waals surface area contributed by atoms with Crippen LogP contribution >= 0.6 is 0 Å². The van der Waals surface area contributed by atoms with Crippen LogP contribution in [0.4, 0.5) is 0 Å². The van der Waals surface area contributed by atoms with Crippen LogP contribution in [0.3, 0.4) is 0 Å². The third kappa shape index (κ3) is 5.57. The first-order chi connectivity index (χ1) is 14.8. The molecule has 9 heteroatoms. The molecular formula is C22H20N4O5. The highest BCUT2D eigenvalue weighted by molar-refractivity contribution is 6.02. The fourth-order valence-electron chi connectivity index (χ4n) is 2.55. The van der Waals surface area contributed by atoms with Crippen molar-refractivity contribution < 1.29 is 24.2 Å². The van der Waals surface area contributed by atoms with Crippen molar-refractivity contribution in [3.63, 3.8) is 0 Å². The molecule has 1 aromatic heterocycles. The van der Waals surface area contributed by atoms with Crippen molar-refractivity contribution in [2.45, 2.75) is 13.8 Å². The summed E-state index contributed by atoms with van der Waals surface area (Å²) in [5.74, 6) is -1.32. The minimum Gasteiger partial charge on any atom is -0.508 e. The van der Waals surface area contributed by atoms with E-state index in [9.17, 15) is 19.8 Å². The van der Waals surface area contributed by atoms with Gasteiger partial charge in [-0.15, -0.1) is 0 Å². The van der Waals surface area contributed by atoms with Gasteiger partial charge in [0.15, 0.2) is 11.5 Å². The number of benzene rings is 2. The highest BCUT2D eigenvalue weighted by Gasteiger charge is 2.15. The summed E-state index contributed by atoms with van der Waals surface area (Å²) < 4.78 is 5.28. The maximum atomic E-state index is 12.2. The Morgan fingerprint density at radius 3 is 1.55 bits per heavy atom. The Bertz CT molecular complexity index is 1090. The molecule has 0 radical (unpaired) electrons. The number of phenols is 2. The van der Waals surface area contributed by atoms with Crippen LogP contribution in [0.1, 0.15) is 46.1 Å². The SMILES string of the molecule is C/C(=N\NC(=O)c1ccc(C(=O)N/N=C(\C)c2cccc(O)c2)o1)c1cccc(O)c1. The first kappa shape index (κ1) is 21.3. The standard InChI is InChI=1S/C22H20N4O5/c1-13(15-5-3-7-17(27)11-15)23-25-21(29)19-9-10-20(31-19)22(30)26-24-14(2)16-6-4-8-18(28)12-16/h3-12,27-28H,1-2H3,(H,25,29)(H,26,30)/b23-13+,24-14+. The molecule has 158 valence electrons. The number of phenolic OH excluding ortho intramolecular Hbond substituents is 2. The van der Waals surface area contributed by atoms with Crippen LogP contribution in [-0.4, -0.2) is 33.5 Å². The lowest BCUT2D eigenvalue weighted by Gasteiger charge is -2.03. The average Bonchev–Trinajstić information content (AvgIpc) is 3.26. The van der Waals surface area contributed by atoms with Crippen molar-refractivity contribution in [2.75, 3.05) is 0 Å². The number of furan rings is 1. The summed E-state index contributed by atoms with van der Waals surface area (Å²) in [5, 5.41) is 27.0. The van der Waals surface area contributed by atoms with E-state index in [1.165, 1.54) is 36.4 Å². The summed E-state index contributed by atoms with van der Waals surface area (Å²) in [6.45, 7) is 3.34. The Hall–Kier alpha value is -4.40. The average molecular weight is 420 g/mol. The third-order valence-electron chi connectivity index (χ3n) is 4.23. The Morgan fingerprint density at radius 1 is 0.742 bits per heavy atom. The molecule has 0 fully saturated rings. The van der Waals surface area contributed by atoms with Crippen molar-refractivity contribution >= 4 is 23.2 Å². The summed E-state index contributed by atoms with van der Waals surface area (Å²) in [6.07, 6.45) is 0. The van der Waals surface area contributed by atoms with Gasteiger partial charge in [0.05, 0.1) is 11.4 Å². The minimum absolute atomic E-state index is 0.0852. The second-order valence-electron chi connectivity index (χ2n) is 6.54. The smallest absolute Gasteiger partial charge is 0.307 e. The summed E-state index contributed by atoms with van der Waals surface area (Å²) in [4.78, 5) is 24.4. The molecule has 2 amide bonds. The zero-order valence-electron chi connectivity index (χ0n) is 16.8. The maximum absolute atomic E-state index is 12.2. The lowest BCUT2D eigenvalue weighted by Crippen LogP contribution is -2.20. The van der Waals surface area contributed by atoms with E-state index < -0.39 is 11.8 Å². The van der Waals surface area contributed by atoms with Gasteiger partial charge in [0, 0.05) is 11.1 Å². The first-order valence-corrected chi connectivity index (χ1v) is 9.21. The largest absolute Gasteiger partial charge is 0.508 e. The monoisotopic (exact) mass is 420 g/mol. The molecule has 0 atom stereocenters. The molecule has 3 aromatic rings. The fourth-order valence-corrected chi connectivity index (χ4v) is 2.55. The molecule has 0 aliphatic carbocycles. The Balaban J connectivity index is 1.62. The maximum Gasteiger partial charge on any atom is 0.307 e. The summed E-state index contributed by atoms with van der Waals surface area (Å²) in [5.41, 5.74) is 6.91. The number of hydrazone groups is 2. The number of carbonyl (C=O) groups excluding carboxylic acids is 2. The van der Waals surface area contributed by atoms with Crippen LogP contribution < -0.4 is 10.9 Å². The van der Waals surface area contributed by atoms with Crippen molar-refractivity contribution in [1.82, 2.24) is 10.9 Å². The second kappa shape index (κ2) is 9.40. The quantitative estimate of drug-likeness (QED) is 0.359. The van der Waals surface area contributed by atoms with Crippen LogP contribution in [0, 0.1) is 0 Å². The van der Waals surface area contributed by atoms with Crippen LogP contribution in [0.5, 0.6) is 11.5 Å². The highest BCUT2D eigenvalue weighted by atomic mass is 16.4. The lowest BCUT2D eigenvalue weighted by atomic mass is 10.1. The molecule has 0 spiro atoms. The molecule has 4 N–H and O–H groups in total. The number of carbonyl (C=O) groups is 2. The van der Waals surface area contributed by atoms with Crippen LogP contribution in [0.15, 0.2) is 75.3 Å². The molecule has 1 heterocycles. The van der Waals surface area contributed by atoms with E-state index >= 15 is 0 Å². The van der Waals surface area contributed by atoms with E-state index in [0.717, 1.165) is 0 Å². The highest BCUT2D eigenvalue weighted by Crippen LogP contribution is 2.13. The summed E-state index contributed by atoms with van der Waals surface area (Å²) in [7, 11) is 0. The number of nitrogens with one attached hydrogen (secondary N) is 2. The number of rotatable bonds is 6. The van der Waals surface area contributed by atoms with Crippen molar-refractivity contribution in [1.29, 1.82) is 0 Å². The fraction of sp³-hybridized carbons (Fsp3) is 0.0909. The van der Waals surface area contributed by atoms with E-state index in [-0.39, 0.29) is 23.0 Å². The van der Waals surface area contributed by atoms with Crippen LogP contribution in [0.25, 0.3) is 0 Å². The molecule has 9 nitrogen and oxygen atoms in total. The van der Waals surface area contributed by atoms with Gasteiger partial charge in [0.2, 0.25) is 0 Å². The van der Waals surface area contributed by atoms with Gasteiger partial charge in [-0.1, -0.05) is 24.3 Å². The molecule has 31 heavy (non-hydrogen) atoms. The molecule has 0 saturated heterocycles. The molecule has 0 aliphatic rings. The van der Waals surface area contributed by atoms with Gasteiger partial charge in [0.1, 0.15) is 11.5 Å².